The van der Waals surface area contributed by atoms with Crippen molar-refractivity contribution < 1.29 is 27.4 Å². The maximum atomic E-state index is 12.5. The van der Waals surface area contributed by atoms with Crippen LogP contribution in [-0.4, -0.2) is 13.1 Å². The smallest absolute Gasteiger partial charge is 0.420 e. The van der Waals surface area contributed by atoms with Gasteiger partial charge in [-0.3, -0.25) is 4.79 Å². The Morgan fingerprint density at radius 2 is 2.00 bits per heavy atom. The Labute approximate surface area is 82.4 Å². The van der Waals surface area contributed by atoms with Crippen molar-refractivity contribution in [3.05, 3.63) is 23.3 Å². The molecule has 1 aromatic carbocycles. The lowest BCUT2D eigenvalue weighted by Gasteiger charge is -2.09. The molecular weight excluding hydrogens is 213 g/mol. The molecule has 0 atom stereocenters. The van der Waals surface area contributed by atoms with Crippen molar-refractivity contribution in [2.75, 3.05) is 6.79 Å². The van der Waals surface area contributed by atoms with E-state index in [9.17, 15) is 18.0 Å². The van der Waals surface area contributed by atoms with Gasteiger partial charge >= 0.3 is 6.18 Å². The summed E-state index contributed by atoms with van der Waals surface area (Å²) in [6.45, 7) is -0.263. The number of hydrogen-bond donors (Lipinski definition) is 0. The van der Waals surface area contributed by atoms with E-state index in [1.807, 2.05) is 0 Å². The standard InChI is InChI=1S/C9H5F3O3/c10-9(11,12)6-1-5(3-13)2-7-8(6)15-4-14-7/h1-3H,4H2. The molecule has 0 radical (unpaired) electrons. The fourth-order valence-electron chi connectivity index (χ4n) is 1.31. The summed E-state index contributed by atoms with van der Waals surface area (Å²) in [6, 6.07) is 1.95. The SMILES string of the molecule is O=Cc1cc2c(c(C(F)(F)F)c1)OCO2. The Balaban J connectivity index is 2.62. The average molecular weight is 218 g/mol. The lowest BCUT2D eigenvalue weighted by Crippen LogP contribution is -2.07. The minimum atomic E-state index is -4.56. The van der Waals surface area contributed by atoms with E-state index in [2.05, 4.69) is 0 Å². The molecule has 3 nitrogen and oxygen atoms in total. The van der Waals surface area contributed by atoms with Gasteiger partial charge in [-0.25, -0.2) is 0 Å². The largest absolute Gasteiger partial charge is 0.454 e. The molecule has 0 N–H and O–H groups in total. The summed E-state index contributed by atoms with van der Waals surface area (Å²) in [7, 11) is 0. The summed E-state index contributed by atoms with van der Waals surface area (Å²) in [6.07, 6.45) is -4.23. The lowest BCUT2D eigenvalue weighted by molar-refractivity contribution is -0.138. The normalized spacial score (nSPS) is 14.1. The van der Waals surface area contributed by atoms with Gasteiger partial charge in [-0.15, -0.1) is 0 Å². The van der Waals surface area contributed by atoms with E-state index in [4.69, 9.17) is 9.47 Å². The van der Waals surface area contributed by atoms with Crippen LogP contribution in [0.2, 0.25) is 0 Å². The number of benzene rings is 1. The summed E-state index contributed by atoms with van der Waals surface area (Å²) >= 11 is 0. The zero-order valence-electron chi connectivity index (χ0n) is 7.30. The molecule has 80 valence electrons. The molecule has 0 spiro atoms. The molecule has 0 saturated heterocycles. The van der Waals surface area contributed by atoms with E-state index < -0.39 is 11.7 Å². The number of carbonyl (C=O) groups is 1. The van der Waals surface area contributed by atoms with Crippen LogP contribution >= 0.6 is 0 Å². The highest BCUT2D eigenvalue weighted by Gasteiger charge is 2.38. The van der Waals surface area contributed by atoms with Crippen LogP contribution in [0.5, 0.6) is 11.5 Å². The van der Waals surface area contributed by atoms with Gasteiger partial charge in [0.05, 0.1) is 0 Å². The van der Waals surface area contributed by atoms with Gasteiger partial charge in [0.25, 0.3) is 0 Å². The fraction of sp³-hybridized carbons (Fsp3) is 0.222. The number of hydrogen-bond acceptors (Lipinski definition) is 3. The van der Waals surface area contributed by atoms with Crippen molar-refractivity contribution >= 4 is 6.29 Å². The molecule has 0 bridgehead atoms. The highest BCUT2D eigenvalue weighted by atomic mass is 19.4. The second-order valence-corrected chi connectivity index (χ2v) is 2.92. The predicted octanol–water partition coefficient (Wildman–Crippen LogP) is 2.25. The summed E-state index contributed by atoms with van der Waals surface area (Å²) in [5.41, 5.74) is -1.08. The zero-order chi connectivity index (χ0) is 11.1. The first-order chi connectivity index (χ1) is 7.02. The minimum Gasteiger partial charge on any atom is -0.454 e. The number of halogens is 3. The predicted molar refractivity (Wildman–Crippen MR) is 43.0 cm³/mol. The Kier molecular flexibility index (Phi) is 2.06. The number of ether oxygens (including phenoxy) is 2. The van der Waals surface area contributed by atoms with E-state index in [1.165, 1.54) is 6.07 Å². The van der Waals surface area contributed by atoms with Crippen LogP contribution < -0.4 is 9.47 Å². The maximum Gasteiger partial charge on any atom is 0.420 e. The first kappa shape index (κ1) is 9.82. The van der Waals surface area contributed by atoms with Crippen molar-refractivity contribution in [2.24, 2.45) is 0 Å². The van der Waals surface area contributed by atoms with Crippen LogP contribution in [0.3, 0.4) is 0 Å². The van der Waals surface area contributed by atoms with E-state index in [1.54, 1.807) is 0 Å². The van der Waals surface area contributed by atoms with Crippen LogP contribution in [0, 0.1) is 0 Å². The lowest BCUT2D eigenvalue weighted by atomic mass is 10.1. The number of fused-ring (bicyclic) bond motifs is 1. The van der Waals surface area contributed by atoms with Crippen LogP contribution in [0.1, 0.15) is 15.9 Å². The highest BCUT2D eigenvalue weighted by molar-refractivity contribution is 5.77. The highest BCUT2D eigenvalue weighted by Crippen LogP contribution is 2.44. The number of carbonyl (C=O) groups excluding carboxylic acids is 1. The second-order valence-electron chi connectivity index (χ2n) is 2.92. The summed E-state index contributed by atoms with van der Waals surface area (Å²) in [5, 5.41) is 0. The molecule has 2 rings (SSSR count). The average Bonchev–Trinajstić information content (AvgIpc) is 2.61. The van der Waals surface area contributed by atoms with Gasteiger partial charge in [0.1, 0.15) is 11.8 Å². The van der Waals surface area contributed by atoms with Crippen LogP contribution in [0.25, 0.3) is 0 Å². The third kappa shape index (κ3) is 1.62. The van der Waals surface area contributed by atoms with Crippen molar-refractivity contribution in [1.82, 2.24) is 0 Å². The van der Waals surface area contributed by atoms with Crippen LogP contribution in [-0.2, 0) is 6.18 Å². The molecule has 1 aliphatic heterocycles. The Bertz CT molecular complexity index is 412. The molecule has 1 heterocycles. The first-order valence-electron chi connectivity index (χ1n) is 3.98. The van der Waals surface area contributed by atoms with Crippen molar-refractivity contribution in [3.63, 3.8) is 0 Å². The summed E-state index contributed by atoms with van der Waals surface area (Å²) in [5.74, 6) is -0.403. The van der Waals surface area contributed by atoms with Crippen molar-refractivity contribution in [3.8, 4) is 11.5 Å². The Morgan fingerprint density at radius 1 is 1.27 bits per heavy atom. The van der Waals surface area contributed by atoms with Crippen LogP contribution in [0.15, 0.2) is 12.1 Å². The van der Waals surface area contributed by atoms with Crippen molar-refractivity contribution in [2.45, 2.75) is 6.18 Å². The van der Waals surface area contributed by atoms with E-state index in [0.29, 0.717) is 6.29 Å². The molecule has 0 amide bonds. The van der Waals surface area contributed by atoms with Gasteiger partial charge in [0.2, 0.25) is 6.79 Å². The van der Waals surface area contributed by atoms with E-state index in [-0.39, 0.29) is 23.9 Å². The fourth-order valence-corrected chi connectivity index (χ4v) is 1.31. The van der Waals surface area contributed by atoms with Gasteiger partial charge < -0.3 is 9.47 Å². The zero-order valence-corrected chi connectivity index (χ0v) is 7.30. The molecule has 0 fully saturated rings. The molecule has 6 heteroatoms. The summed E-state index contributed by atoms with van der Waals surface area (Å²) in [4.78, 5) is 10.4. The van der Waals surface area contributed by atoms with E-state index >= 15 is 0 Å². The van der Waals surface area contributed by atoms with Gasteiger partial charge in [-0.1, -0.05) is 0 Å². The maximum absolute atomic E-state index is 12.5. The van der Waals surface area contributed by atoms with Gasteiger partial charge in [-0.2, -0.15) is 13.2 Å². The second kappa shape index (κ2) is 3.15. The topological polar surface area (TPSA) is 35.5 Å². The van der Waals surface area contributed by atoms with Crippen LogP contribution in [0.4, 0.5) is 13.2 Å². The Hall–Kier alpha value is -1.72. The molecule has 1 aliphatic rings. The molecule has 0 saturated carbocycles. The molecule has 1 aromatic rings. The van der Waals surface area contributed by atoms with Gasteiger partial charge in [-0.05, 0) is 12.1 Å². The molecule has 0 aromatic heterocycles. The van der Waals surface area contributed by atoms with E-state index in [0.717, 1.165) is 6.07 Å². The minimum absolute atomic E-state index is 0.0491. The van der Waals surface area contributed by atoms with Gasteiger partial charge in [0, 0.05) is 5.56 Å². The number of aldehydes is 1. The molecular formula is C9H5F3O3. The first-order valence-corrected chi connectivity index (χ1v) is 3.98. The third-order valence-corrected chi connectivity index (χ3v) is 1.94. The third-order valence-electron chi connectivity index (χ3n) is 1.94. The monoisotopic (exact) mass is 218 g/mol. The molecule has 0 unspecified atom stereocenters. The Morgan fingerprint density at radius 3 is 2.60 bits per heavy atom. The quantitative estimate of drug-likeness (QED) is 0.678. The van der Waals surface area contributed by atoms with Gasteiger partial charge in [0.15, 0.2) is 11.5 Å². The summed E-state index contributed by atoms with van der Waals surface area (Å²) < 4.78 is 47.0. The molecule has 15 heavy (non-hydrogen) atoms. The van der Waals surface area contributed by atoms with Crippen molar-refractivity contribution in [1.29, 1.82) is 0 Å². The number of rotatable bonds is 1. The molecule has 0 aliphatic carbocycles. The number of alkyl halides is 3.